The van der Waals surface area contributed by atoms with E-state index in [2.05, 4.69) is 0 Å². The zero-order valence-corrected chi connectivity index (χ0v) is 14.1. The average molecular weight is 350 g/mol. The van der Waals surface area contributed by atoms with E-state index in [0.29, 0.717) is 12.8 Å². The highest BCUT2D eigenvalue weighted by Gasteiger charge is 2.08. The molecule has 0 aromatic rings. The van der Waals surface area contributed by atoms with Gasteiger partial charge in [-0.15, -0.1) is 12.8 Å². The quantitative estimate of drug-likeness (QED) is 0.283. The molecule has 0 atom stereocenters. The van der Waals surface area contributed by atoms with Crippen molar-refractivity contribution >= 4 is 20.2 Å². The molecule has 0 unspecified atom stereocenters. The third-order valence-corrected chi connectivity index (χ3v) is 4.68. The van der Waals surface area contributed by atoms with Gasteiger partial charge in [0, 0.05) is 0 Å². The second kappa shape index (κ2) is 11.5. The largest absolute Gasteiger partial charge is 0.278 e. The summed E-state index contributed by atoms with van der Waals surface area (Å²) in [6, 6.07) is 0. The predicted molar refractivity (Wildman–Crippen MR) is 84.8 cm³/mol. The third kappa shape index (κ3) is 12.7. The van der Waals surface area contributed by atoms with Gasteiger partial charge in [0.2, 0.25) is 0 Å². The number of unbranched alkanes of at least 4 members (excludes halogenated alkanes) is 5. The average Bonchev–Trinajstić information content (AvgIpc) is 2.40. The molecule has 0 rings (SSSR count). The Hall–Kier alpha value is -1.06. The Morgan fingerprint density at radius 2 is 0.955 bits per heavy atom. The first-order valence-electron chi connectivity index (χ1n) is 6.94. The van der Waals surface area contributed by atoms with E-state index >= 15 is 0 Å². The van der Waals surface area contributed by atoms with Gasteiger partial charge in [0.15, 0.2) is 0 Å². The zero-order chi connectivity index (χ0) is 16.9. The van der Waals surface area contributed by atoms with Crippen molar-refractivity contribution in [2.24, 2.45) is 0 Å². The van der Waals surface area contributed by atoms with Gasteiger partial charge < -0.3 is 0 Å². The highest BCUT2D eigenvalue weighted by atomic mass is 32.2. The van der Waals surface area contributed by atoms with Gasteiger partial charge >= 0.3 is 0 Å². The highest BCUT2D eigenvalue weighted by molar-refractivity contribution is 7.87. The van der Waals surface area contributed by atoms with E-state index in [9.17, 15) is 16.8 Å². The van der Waals surface area contributed by atoms with Crippen molar-refractivity contribution in [3.63, 3.8) is 0 Å². The molecule has 22 heavy (non-hydrogen) atoms. The highest BCUT2D eigenvalue weighted by Crippen LogP contribution is 2.07. The van der Waals surface area contributed by atoms with Crippen molar-refractivity contribution < 1.29 is 25.2 Å². The molecule has 0 saturated carbocycles. The fraction of sp³-hybridized carbons (Fsp3) is 0.714. The van der Waals surface area contributed by atoms with Gasteiger partial charge in [-0.1, -0.05) is 37.5 Å². The van der Waals surface area contributed by atoms with Crippen LogP contribution in [0.5, 0.6) is 0 Å². The topological polar surface area (TPSA) is 86.7 Å². The summed E-state index contributed by atoms with van der Waals surface area (Å²) in [5.74, 6) is 3.24. The van der Waals surface area contributed by atoms with Gasteiger partial charge in [0.05, 0.1) is 13.2 Å². The van der Waals surface area contributed by atoms with Crippen molar-refractivity contribution in [1.29, 1.82) is 0 Å². The van der Waals surface area contributed by atoms with Crippen molar-refractivity contribution in [3.8, 4) is 24.7 Å². The molecule has 0 aromatic heterocycles. The molecule has 0 aliphatic heterocycles. The molecule has 6 nitrogen and oxygen atoms in total. The molecule has 126 valence electrons. The lowest BCUT2D eigenvalue weighted by Gasteiger charge is -2.04. The summed E-state index contributed by atoms with van der Waals surface area (Å²) < 4.78 is 53.9. The van der Waals surface area contributed by atoms with Crippen LogP contribution in [0.3, 0.4) is 0 Å². The summed E-state index contributed by atoms with van der Waals surface area (Å²) in [5.41, 5.74) is 0. The van der Waals surface area contributed by atoms with Gasteiger partial charge in [-0.05, 0) is 12.8 Å². The van der Waals surface area contributed by atoms with E-state index < -0.39 is 31.7 Å². The van der Waals surface area contributed by atoms with Crippen LogP contribution in [0, 0.1) is 24.7 Å². The van der Waals surface area contributed by atoms with Crippen LogP contribution in [-0.4, -0.2) is 41.6 Å². The smallest absolute Gasteiger partial charge is 0.269 e. The second-order valence-electron chi connectivity index (χ2n) is 4.58. The number of rotatable bonds is 13. The number of hydrogen-bond donors (Lipinski definition) is 0. The first kappa shape index (κ1) is 20.9. The molecule has 0 aliphatic carbocycles. The lowest BCUT2D eigenvalue weighted by Crippen LogP contribution is -2.10. The predicted octanol–water partition coefficient (Wildman–Crippen LogP) is 1.29. The van der Waals surface area contributed by atoms with E-state index in [-0.39, 0.29) is 13.2 Å². The molecule has 0 radical (unpaired) electrons. The lowest BCUT2D eigenvalue weighted by atomic mass is 10.1. The van der Waals surface area contributed by atoms with E-state index in [4.69, 9.17) is 21.2 Å². The molecule has 0 saturated heterocycles. The van der Waals surface area contributed by atoms with Gasteiger partial charge in [-0.25, -0.2) is 0 Å². The molecule has 0 fully saturated rings. The molecule has 0 aromatic carbocycles. The van der Waals surface area contributed by atoms with E-state index in [0.717, 1.165) is 25.7 Å². The van der Waals surface area contributed by atoms with Crippen LogP contribution in [-0.2, 0) is 28.6 Å². The number of terminal acetylenes is 2. The summed E-state index contributed by atoms with van der Waals surface area (Å²) in [4.78, 5) is 0. The van der Waals surface area contributed by atoms with Crippen LogP contribution in [0.15, 0.2) is 0 Å². The van der Waals surface area contributed by atoms with Gasteiger partial charge in [-0.2, -0.15) is 16.8 Å². The summed E-state index contributed by atoms with van der Waals surface area (Å²) in [7, 11) is -7.16. The molecule has 0 N–H and O–H groups in total. The first-order chi connectivity index (χ1) is 10.3. The van der Waals surface area contributed by atoms with Crippen molar-refractivity contribution in [2.75, 3.05) is 24.7 Å². The maximum atomic E-state index is 11.1. The monoisotopic (exact) mass is 350 g/mol. The minimum Gasteiger partial charge on any atom is -0.269 e. The summed E-state index contributed by atoms with van der Waals surface area (Å²) in [5, 5.41) is 0. The molecule has 0 amide bonds. The fourth-order valence-electron chi connectivity index (χ4n) is 1.57. The van der Waals surface area contributed by atoms with Gasteiger partial charge in [-0.3, -0.25) is 8.37 Å². The summed E-state index contributed by atoms with van der Waals surface area (Å²) in [6.45, 7) is 0.273. The maximum Gasteiger partial charge on any atom is 0.278 e. The van der Waals surface area contributed by atoms with Crippen molar-refractivity contribution in [3.05, 3.63) is 0 Å². The standard InChI is InChI=1S/C14H22O6S2/c1-3-13-21(15,16)19-11-9-7-5-6-8-10-12-20-22(17,18)14-4-2/h1-2H,5-14H2. The molecular formula is C14H22O6S2. The minimum absolute atomic E-state index is 0.136. The van der Waals surface area contributed by atoms with Crippen LogP contribution < -0.4 is 0 Å². The Bertz CT molecular complexity index is 524. The summed E-state index contributed by atoms with van der Waals surface area (Å²) >= 11 is 0. The van der Waals surface area contributed by atoms with E-state index in [1.54, 1.807) is 0 Å². The molecule has 0 heterocycles. The van der Waals surface area contributed by atoms with E-state index in [1.807, 2.05) is 11.8 Å². The SMILES string of the molecule is C#CCS(=O)(=O)OCCCCCCCCOS(=O)(=O)CC#C. The zero-order valence-electron chi connectivity index (χ0n) is 12.5. The third-order valence-electron chi connectivity index (χ3n) is 2.58. The van der Waals surface area contributed by atoms with Crippen LogP contribution in [0.25, 0.3) is 0 Å². The minimum atomic E-state index is -3.58. The fourth-order valence-corrected chi connectivity index (χ4v) is 2.89. The van der Waals surface area contributed by atoms with E-state index in [1.165, 1.54) is 0 Å². The van der Waals surface area contributed by atoms with Crippen LogP contribution in [0.4, 0.5) is 0 Å². The Morgan fingerprint density at radius 3 is 1.27 bits per heavy atom. The van der Waals surface area contributed by atoms with Crippen molar-refractivity contribution in [2.45, 2.75) is 38.5 Å². The molecular weight excluding hydrogens is 328 g/mol. The Labute approximate surface area is 133 Å². The first-order valence-corrected chi connectivity index (χ1v) is 10.1. The van der Waals surface area contributed by atoms with Crippen LogP contribution >= 0.6 is 0 Å². The maximum absolute atomic E-state index is 11.1. The molecule has 0 aliphatic rings. The number of hydrogen-bond acceptors (Lipinski definition) is 6. The van der Waals surface area contributed by atoms with Gasteiger partial charge in [0.1, 0.15) is 11.5 Å². The molecule has 0 bridgehead atoms. The lowest BCUT2D eigenvalue weighted by molar-refractivity contribution is 0.300. The van der Waals surface area contributed by atoms with Crippen molar-refractivity contribution in [1.82, 2.24) is 0 Å². The van der Waals surface area contributed by atoms with Crippen LogP contribution in [0.1, 0.15) is 38.5 Å². The molecule has 0 spiro atoms. The Balaban J connectivity index is 3.46. The summed E-state index contributed by atoms with van der Waals surface area (Å²) in [6.07, 6.45) is 14.6. The normalized spacial score (nSPS) is 11.7. The van der Waals surface area contributed by atoms with Crippen LogP contribution in [0.2, 0.25) is 0 Å². The molecule has 8 heteroatoms. The second-order valence-corrected chi connectivity index (χ2v) is 7.86. The Morgan fingerprint density at radius 1 is 0.636 bits per heavy atom. The van der Waals surface area contributed by atoms with Gasteiger partial charge in [0.25, 0.3) is 20.2 Å². The Kier molecular flexibility index (Phi) is 10.9.